The molecule has 1 aliphatic rings. The van der Waals surface area contributed by atoms with E-state index >= 15 is 0 Å². The van der Waals surface area contributed by atoms with Crippen molar-refractivity contribution in [3.05, 3.63) is 53.3 Å². The van der Waals surface area contributed by atoms with E-state index in [1.165, 1.54) is 7.11 Å². The van der Waals surface area contributed by atoms with E-state index in [0.717, 1.165) is 37.2 Å². The van der Waals surface area contributed by atoms with Gasteiger partial charge in [-0.3, -0.25) is 9.48 Å². The van der Waals surface area contributed by atoms with Gasteiger partial charge in [-0.15, -0.1) is 0 Å². The number of amides is 1. The molecule has 1 atom stereocenters. The van der Waals surface area contributed by atoms with Gasteiger partial charge in [-0.2, -0.15) is 5.10 Å². The number of nitrogens with one attached hydrogen (secondary N) is 2. The van der Waals surface area contributed by atoms with Gasteiger partial charge in [-0.1, -0.05) is 12.1 Å². The first-order chi connectivity index (χ1) is 12.7. The zero-order valence-electron chi connectivity index (χ0n) is 14.9. The second-order valence-electron chi connectivity index (χ2n) is 6.45. The van der Waals surface area contributed by atoms with Crippen molar-refractivity contribution >= 4 is 11.9 Å². The molecule has 1 aliphatic heterocycles. The first kappa shape index (κ1) is 18.1. The van der Waals surface area contributed by atoms with Crippen molar-refractivity contribution in [3.8, 4) is 0 Å². The van der Waals surface area contributed by atoms with Gasteiger partial charge in [-0.25, -0.2) is 4.79 Å². The topological polar surface area (TPSA) is 85.2 Å². The summed E-state index contributed by atoms with van der Waals surface area (Å²) in [6.07, 6.45) is 4.15. The van der Waals surface area contributed by atoms with Crippen molar-refractivity contribution in [1.82, 2.24) is 20.4 Å². The smallest absolute Gasteiger partial charge is 0.337 e. The number of aromatic nitrogens is 2. The molecule has 7 nitrogen and oxygen atoms in total. The van der Waals surface area contributed by atoms with Crippen LogP contribution < -0.4 is 10.6 Å². The molecule has 1 aromatic carbocycles. The molecule has 7 heteroatoms. The van der Waals surface area contributed by atoms with Crippen LogP contribution >= 0.6 is 0 Å². The Bertz CT molecular complexity index is 748. The number of benzene rings is 1. The summed E-state index contributed by atoms with van der Waals surface area (Å²) in [5, 5.41) is 10.8. The summed E-state index contributed by atoms with van der Waals surface area (Å²) in [6.45, 7) is 2.62. The highest BCUT2D eigenvalue weighted by atomic mass is 16.5. The predicted molar refractivity (Wildman–Crippen MR) is 96.7 cm³/mol. The molecule has 2 N–H and O–H groups in total. The van der Waals surface area contributed by atoms with Gasteiger partial charge in [-0.05, 0) is 43.1 Å². The Kier molecular flexibility index (Phi) is 6.01. The minimum Gasteiger partial charge on any atom is -0.465 e. The Labute approximate surface area is 152 Å². The second-order valence-corrected chi connectivity index (χ2v) is 6.45. The number of hydrogen-bond donors (Lipinski definition) is 2. The highest BCUT2D eigenvalue weighted by molar-refractivity contribution is 5.89. The summed E-state index contributed by atoms with van der Waals surface area (Å²) in [5.41, 5.74) is 2.45. The molecule has 2 aromatic rings. The monoisotopic (exact) mass is 356 g/mol. The van der Waals surface area contributed by atoms with E-state index in [1.807, 2.05) is 12.3 Å². The lowest BCUT2D eigenvalue weighted by atomic mass is 9.97. The van der Waals surface area contributed by atoms with E-state index in [0.29, 0.717) is 18.0 Å². The van der Waals surface area contributed by atoms with Gasteiger partial charge in [0.2, 0.25) is 5.91 Å². The molecule has 0 bridgehead atoms. The number of ether oxygens (including phenoxy) is 1. The predicted octanol–water partition coefficient (Wildman–Crippen LogP) is 1.45. The zero-order valence-corrected chi connectivity index (χ0v) is 14.9. The van der Waals surface area contributed by atoms with Crippen LogP contribution in [-0.4, -0.2) is 41.9 Å². The van der Waals surface area contributed by atoms with E-state index < -0.39 is 0 Å². The van der Waals surface area contributed by atoms with Gasteiger partial charge >= 0.3 is 5.97 Å². The fourth-order valence-corrected chi connectivity index (χ4v) is 3.07. The van der Waals surface area contributed by atoms with Crippen LogP contribution in [0.4, 0.5) is 0 Å². The molecular weight excluding hydrogens is 332 g/mol. The minimum absolute atomic E-state index is 0.0986. The first-order valence-corrected chi connectivity index (χ1v) is 8.83. The van der Waals surface area contributed by atoms with E-state index in [4.69, 9.17) is 0 Å². The Balaban J connectivity index is 1.48. The fraction of sp³-hybridized carbons (Fsp3) is 0.421. The summed E-state index contributed by atoms with van der Waals surface area (Å²) in [4.78, 5) is 23.5. The quantitative estimate of drug-likeness (QED) is 0.766. The van der Waals surface area contributed by atoms with E-state index in [1.54, 1.807) is 28.9 Å². The molecule has 0 saturated carbocycles. The van der Waals surface area contributed by atoms with Gasteiger partial charge in [0.25, 0.3) is 0 Å². The number of carbonyl (C=O) groups is 2. The third-order valence-electron chi connectivity index (χ3n) is 4.55. The highest BCUT2D eigenvalue weighted by Gasteiger charge is 2.17. The lowest BCUT2D eigenvalue weighted by Crippen LogP contribution is -2.29. The molecule has 1 amide bonds. The van der Waals surface area contributed by atoms with Crippen LogP contribution in [0, 0.1) is 0 Å². The summed E-state index contributed by atoms with van der Waals surface area (Å²) in [7, 11) is 1.35. The molecule has 0 radical (unpaired) electrons. The van der Waals surface area contributed by atoms with Crippen LogP contribution in [0.2, 0.25) is 0 Å². The van der Waals surface area contributed by atoms with Gasteiger partial charge in [0.1, 0.15) is 6.54 Å². The normalized spacial score (nSPS) is 16.9. The molecule has 1 fully saturated rings. The Hall–Kier alpha value is -2.67. The van der Waals surface area contributed by atoms with Gasteiger partial charge in [0, 0.05) is 25.2 Å². The largest absolute Gasteiger partial charge is 0.465 e. The average molecular weight is 356 g/mol. The van der Waals surface area contributed by atoms with Crippen LogP contribution in [0.5, 0.6) is 0 Å². The van der Waals surface area contributed by atoms with Crippen molar-refractivity contribution in [2.24, 2.45) is 0 Å². The number of rotatable bonds is 6. The number of methoxy groups -OCH3 is 1. The van der Waals surface area contributed by atoms with E-state index in [-0.39, 0.29) is 18.4 Å². The van der Waals surface area contributed by atoms with E-state index in [2.05, 4.69) is 20.5 Å². The standard InChI is InChI=1S/C19H24N4O3/c1-26-19(25)15-6-4-14(5-7-15)11-21-18(24)13-23-10-8-17(22-23)16-3-2-9-20-12-16/h4-8,10,16,20H,2-3,9,11-13H2,1H3,(H,21,24)/t16-/m1/s1. The molecule has 26 heavy (non-hydrogen) atoms. The lowest BCUT2D eigenvalue weighted by Gasteiger charge is -2.20. The maximum Gasteiger partial charge on any atom is 0.337 e. The maximum absolute atomic E-state index is 12.1. The van der Waals surface area contributed by atoms with Gasteiger partial charge < -0.3 is 15.4 Å². The molecule has 0 unspecified atom stereocenters. The van der Waals surface area contributed by atoms with Crippen molar-refractivity contribution in [2.45, 2.75) is 31.8 Å². The third-order valence-corrected chi connectivity index (χ3v) is 4.55. The van der Waals surface area contributed by atoms with Gasteiger partial charge in [0.05, 0.1) is 18.4 Å². The van der Waals surface area contributed by atoms with Gasteiger partial charge in [0.15, 0.2) is 0 Å². The third kappa shape index (κ3) is 4.70. The van der Waals surface area contributed by atoms with Crippen LogP contribution in [0.25, 0.3) is 0 Å². The van der Waals surface area contributed by atoms with Crippen molar-refractivity contribution in [1.29, 1.82) is 0 Å². The molecule has 0 aliphatic carbocycles. The SMILES string of the molecule is COC(=O)c1ccc(CNC(=O)Cn2ccc([C@@H]3CCCNC3)n2)cc1. The summed E-state index contributed by atoms with van der Waals surface area (Å²) in [5.74, 6) is -0.0388. The Morgan fingerprint density at radius 1 is 1.31 bits per heavy atom. The first-order valence-electron chi connectivity index (χ1n) is 8.83. The fourth-order valence-electron chi connectivity index (χ4n) is 3.07. The van der Waals surface area contributed by atoms with Crippen LogP contribution in [0.3, 0.4) is 0 Å². The summed E-state index contributed by atoms with van der Waals surface area (Å²) >= 11 is 0. The van der Waals surface area contributed by atoms with Crippen molar-refractivity contribution in [2.75, 3.05) is 20.2 Å². The molecule has 138 valence electrons. The number of piperidine rings is 1. The number of hydrogen-bond acceptors (Lipinski definition) is 5. The Morgan fingerprint density at radius 3 is 2.81 bits per heavy atom. The number of nitrogens with zero attached hydrogens (tertiary/aromatic N) is 2. The number of esters is 1. The summed E-state index contributed by atoms with van der Waals surface area (Å²) in [6, 6.07) is 8.97. The molecule has 1 saturated heterocycles. The van der Waals surface area contributed by atoms with E-state index in [9.17, 15) is 9.59 Å². The van der Waals surface area contributed by atoms with Crippen LogP contribution in [0.1, 0.15) is 40.4 Å². The van der Waals surface area contributed by atoms with Crippen LogP contribution in [-0.2, 0) is 22.6 Å². The highest BCUT2D eigenvalue weighted by Crippen LogP contribution is 2.21. The number of carbonyl (C=O) groups excluding carboxylic acids is 2. The molecule has 0 spiro atoms. The van der Waals surface area contributed by atoms with Crippen molar-refractivity contribution in [3.63, 3.8) is 0 Å². The minimum atomic E-state index is -0.372. The Morgan fingerprint density at radius 2 is 2.12 bits per heavy atom. The molecule has 2 heterocycles. The average Bonchev–Trinajstić information content (AvgIpc) is 3.15. The van der Waals surface area contributed by atoms with Crippen LogP contribution in [0.15, 0.2) is 36.5 Å². The second kappa shape index (κ2) is 8.62. The maximum atomic E-state index is 12.1. The molecular formula is C19H24N4O3. The lowest BCUT2D eigenvalue weighted by molar-refractivity contribution is -0.122. The summed E-state index contributed by atoms with van der Waals surface area (Å²) < 4.78 is 6.34. The van der Waals surface area contributed by atoms with Crippen molar-refractivity contribution < 1.29 is 14.3 Å². The zero-order chi connectivity index (χ0) is 18.4. The molecule has 3 rings (SSSR count). The molecule has 1 aromatic heterocycles.